The molecule has 0 bridgehead atoms. The molecule has 1 amide bonds. The minimum Gasteiger partial charge on any atom is -0.497 e. The normalized spacial score (nSPS) is 14.8. The van der Waals surface area contributed by atoms with Gasteiger partial charge in [0, 0.05) is 16.7 Å². The lowest BCUT2D eigenvalue weighted by atomic mass is 9.68. The second kappa shape index (κ2) is 10.8. The molecule has 2 aliphatic rings. The van der Waals surface area contributed by atoms with Gasteiger partial charge in [0.05, 0.1) is 36.9 Å². The van der Waals surface area contributed by atoms with E-state index in [-0.39, 0.29) is 22.6 Å². The van der Waals surface area contributed by atoms with Crippen molar-refractivity contribution in [2.45, 2.75) is 42.7 Å². The van der Waals surface area contributed by atoms with Crippen molar-refractivity contribution in [2.24, 2.45) is 0 Å². The zero-order valence-corrected chi connectivity index (χ0v) is 23.4. The molecule has 1 aromatic heterocycles. The molecule has 6 rings (SSSR count). The molecule has 1 heterocycles. The van der Waals surface area contributed by atoms with E-state index in [1.807, 2.05) is 30.3 Å². The number of thioether (sulfide) groups is 1. The number of methoxy groups -OCH3 is 2. The monoisotopic (exact) mass is 553 g/mol. The van der Waals surface area contributed by atoms with E-state index in [1.54, 1.807) is 43.1 Å². The third-order valence-electron chi connectivity index (χ3n) is 7.98. The van der Waals surface area contributed by atoms with Crippen LogP contribution in [0.15, 0.2) is 82.7 Å². The van der Waals surface area contributed by atoms with Crippen LogP contribution >= 0.6 is 11.8 Å². The Labute approximate surface area is 237 Å². The van der Waals surface area contributed by atoms with E-state index < -0.39 is 0 Å². The first-order valence-electron chi connectivity index (χ1n) is 13.5. The van der Waals surface area contributed by atoms with Crippen LogP contribution in [0.25, 0.3) is 16.9 Å². The highest BCUT2D eigenvalue weighted by Gasteiger charge is 2.44. The number of ether oxygens (including phenoxy) is 2. The molecule has 0 atom stereocenters. The molecule has 40 heavy (non-hydrogen) atoms. The van der Waals surface area contributed by atoms with Gasteiger partial charge in [-0.1, -0.05) is 48.9 Å². The van der Waals surface area contributed by atoms with Crippen molar-refractivity contribution in [1.29, 1.82) is 0 Å². The molecule has 1 N–H and O–H groups in total. The van der Waals surface area contributed by atoms with Gasteiger partial charge in [-0.25, -0.2) is 4.98 Å². The van der Waals surface area contributed by atoms with Gasteiger partial charge in [-0.3, -0.25) is 14.2 Å². The van der Waals surface area contributed by atoms with Crippen LogP contribution in [0, 0.1) is 0 Å². The SMILES string of the molecule is COc1ccc(NC(=O)CSc2nc3c(c(=O)n2-c2ccc(OC)cc2)C2(CCCC2)Cc2ccccc2-3)cc1. The largest absolute Gasteiger partial charge is 0.497 e. The van der Waals surface area contributed by atoms with Crippen LogP contribution in [0.4, 0.5) is 5.69 Å². The fraction of sp³-hybridized carbons (Fsp3) is 0.281. The van der Waals surface area contributed by atoms with E-state index in [9.17, 15) is 9.59 Å². The molecule has 0 aliphatic heterocycles. The summed E-state index contributed by atoms with van der Waals surface area (Å²) in [6, 6.07) is 22.9. The van der Waals surface area contributed by atoms with Crippen molar-refractivity contribution in [3.8, 4) is 28.4 Å². The highest BCUT2D eigenvalue weighted by molar-refractivity contribution is 7.99. The summed E-state index contributed by atoms with van der Waals surface area (Å²) in [4.78, 5) is 32.6. The van der Waals surface area contributed by atoms with Crippen molar-refractivity contribution in [3.63, 3.8) is 0 Å². The Morgan fingerprint density at radius 2 is 1.60 bits per heavy atom. The number of nitrogens with one attached hydrogen (secondary N) is 1. The number of aromatic nitrogens is 2. The lowest BCUT2D eigenvalue weighted by molar-refractivity contribution is -0.113. The molecular formula is C32H31N3O4S. The van der Waals surface area contributed by atoms with Crippen LogP contribution in [0.1, 0.15) is 36.8 Å². The average molecular weight is 554 g/mol. The smallest absolute Gasteiger partial charge is 0.263 e. The van der Waals surface area contributed by atoms with Crippen molar-refractivity contribution in [2.75, 3.05) is 25.3 Å². The number of fused-ring (bicyclic) bond motifs is 4. The van der Waals surface area contributed by atoms with Gasteiger partial charge in [-0.2, -0.15) is 0 Å². The second-order valence-electron chi connectivity index (χ2n) is 10.3. The molecule has 8 heteroatoms. The Kier molecular flexibility index (Phi) is 7.11. The molecular weight excluding hydrogens is 522 g/mol. The van der Waals surface area contributed by atoms with Gasteiger partial charge in [0.15, 0.2) is 5.16 Å². The fourth-order valence-corrected chi connectivity index (χ4v) is 6.87. The Morgan fingerprint density at radius 3 is 2.27 bits per heavy atom. The number of benzene rings is 3. The molecule has 0 unspecified atom stereocenters. The summed E-state index contributed by atoms with van der Waals surface area (Å²) in [5.74, 6) is 1.34. The maximum absolute atomic E-state index is 14.5. The third kappa shape index (κ3) is 4.77. The molecule has 7 nitrogen and oxygen atoms in total. The third-order valence-corrected chi connectivity index (χ3v) is 8.92. The number of hydrogen-bond donors (Lipinski definition) is 1. The zero-order chi connectivity index (χ0) is 27.7. The minimum atomic E-state index is -0.211. The number of carbonyl (C=O) groups is 1. The zero-order valence-electron chi connectivity index (χ0n) is 22.6. The quantitative estimate of drug-likeness (QED) is 0.223. The Hall–Kier alpha value is -4.04. The van der Waals surface area contributed by atoms with Crippen molar-refractivity contribution >= 4 is 23.4 Å². The van der Waals surface area contributed by atoms with Gasteiger partial charge in [-0.15, -0.1) is 0 Å². The maximum atomic E-state index is 14.5. The van der Waals surface area contributed by atoms with Crippen LogP contribution in [-0.2, 0) is 16.6 Å². The van der Waals surface area contributed by atoms with Crippen molar-refractivity contribution < 1.29 is 14.3 Å². The molecule has 204 valence electrons. The van der Waals surface area contributed by atoms with E-state index in [4.69, 9.17) is 14.5 Å². The Bertz CT molecular complexity index is 1610. The number of carbonyl (C=O) groups excluding carboxylic acids is 1. The highest BCUT2D eigenvalue weighted by atomic mass is 32.2. The van der Waals surface area contributed by atoms with Crippen molar-refractivity contribution in [1.82, 2.24) is 9.55 Å². The summed E-state index contributed by atoms with van der Waals surface area (Å²) in [5.41, 5.74) is 4.93. The standard InChI is InChI=1S/C32H31N3O4S/c1-38-24-13-9-22(10-14-24)33-27(36)20-40-31-34-29-26-8-4-3-7-21(26)19-32(17-5-6-18-32)28(29)30(37)35(31)23-11-15-25(39-2)16-12-23/h3-4,7-16H,5-6,17-20H2,1-2H3,(H,33,36). The van der Waals surface area contributed by atoms with E-state index in [1.165, 1.54) is 17.3 Å². The van der Waals surface area contributed by atoms with Crippen LogP contribution in [0.3, 0.4) is 0 Å². The first-order chi connectivity index (χ1) is 19.5. The van der Waals surface area contributed by atoms with Crippen LogP contribution < -0.4 is 20.3 Å². The number of anilines is 1. The molecule has 0 radical (unpaired) electrons. The molecule has 0 saturated heterocycles. The summed E-state index contributed by atoms with van der Waals surface area (Å²) in [5, 5.41) is 3.41. The van der Waals surface area contributed by atoms with Gasteiger partial charge in [-0.05, 0) is 73.4 Å². The number of rotatable bonds is 7. The van der Waals surface area contributed by atoms with Crippen LogP contribution in [0.5, 0.6) is 11.5 Å². The van der Waals surface area contributed by atoms with Gasteiger partial charge in [0.2, 0.25) is 5.91 Å². The predicted molar refractivity (Wildman–Crippen MR) is 158 cm³/mol. The average Bonchev–Trinajstić information content (AvgIpc) is 3.44. The maximum Gasteiger partial charge on any atom is 0.263 e. The number of amides is 1. The molecule has 3 aromatic carbocycles. The minimum absolute atomic E-state index is 0.0513. The van der Waals surface area contributed by atoms with Gasteiger partial charge in [0.1, 0.15) is 11.5 Å². The number of hydrogen-bond acceptors (Lipinski definition) is 6. The topological polar surface area (TPSA) is 82.5 Å². The first kappa shape index (κ1) is 26.2. The summed E-state index contributed by atoms with van der Waals surface area (Å²) >= 11 is 1.26. The molecule has 1 saturated carbocycles. The van der Waals surface area contributed by atoms with E-state index in [0.717, 1.165) is 54.7 Å². The summed E-state index contributed by atoms with van der Waals surface area (Å²) in [7, 11) is 3.22. The predicted octanol–water partition coefficient (Wildman–Crippen LogP) is 6.02. The van der Waals surface area contributed by atoms with Gasteiger partial charge < -0.3 is 14.8 Å². The van der Waals surface area contributed by atoms with E-state index in [0.29, 0.717) is 22.3 Å². The highest BCUT2D eigenvalue weighted by Crippen LogP contribution is 2.50. The summed E-state index contributed by atoms with van der Waals surface area (Å²) in [6.07, 6.45) is 5.01. The van der Waals surface area contributed by atoms with Crippen LogP contribution in [0.2, 0.25) is 0 Å². The van der Waals surface area contributed by atoms with Gasteiger partial charge in [0.25, 0.3) is 5.56 Å². The van der Waals surface area contributed by atoms with Crippen molar-refractivity contribution in [3.05, 3.63) is 94.3 Å². The lowest BCUT2D eigenvalue weighted by Crippen LogP contribution is -2.40. The van der Waals surface area contributed by atoms with Crippen LogP contribution in [-0.4, -0.2) is 35.4 Å². The Balaban J connectivity index is 1.43. The van der Waals surface area contributed by atoms with E-state index >= 15 is 0 Å². The second-order valence-corrected chi connectivity index (χ2v) is 11.3. The molecule has 1 spiro atoms. The molecule has 1 fully saturated rings. The summed E-state index contributed by atoms with van der Waals surface area (Å²) in [6.45, 7) is 0. The number of nitrogens with zero attached hydrogens (tertiary/aromatic N) is 2. The summed E-state index contributed by atoms with van der Waals surface area (Å²) < 4.78 is 12.2. The fourth-order valence-electron chi connectivity index (χ4n) is 6.07. The molecule has 2 aliphatic carbocycles. The first-order valence-corrected chi connectivity index (χ1v) is 14.5. The van der Waals surface area contributed by atoms with E-state index in [2.05, 4.69) is 23.5 Å². The molecule has 4 aromatic rings. The lowest BCUT2D eigenvalue weighted by Gasteiger charge is -2.36. The Morgan fingerprint density at radius 1 is 0.950 bits per heavy atom. The van der Waals surface area contributed by atoms with Gasteiger partial charge >= 0.3 is 0 Å².